The number of ether oxygens (including phenoxy) is 2. The van der Waals surface area contributed by atoms with Crippen LogP contribution in [0, 0.1) is 6.92 Å². The van der Waals surface area contributed by atoms with Gasteiger partial charge >= 0.3 is 0 Å². The number of hydrogen-bond acceptors (Lipinski definition) is 3. The average molecular weight is 330 g/mol. The molecule has 4 heteroatoms. The summed E-state index contributed by atoms with van der Waals surface area (Å²) >= 11 is 3.54. The van der Waals surface area contributed by atoms with Crippen molar-refractivity contribution in [2.45, 2.75) is 39.8 Å². The molecular weight excluding hydrogens is 306 g/mol. The number of aryl methyl sites for hydroxylation is 1. The molecule has 0 amide bonds. The lowest BCUT2D eigenvalue weighted by Gasteiger charge is -2.16. The number of nitrogens with one attached hydrogen (secondary N) is 1. The van der Waals surface area contributed by atoms with Crippen molar-refractivity contribution in [1.29, 1.82) is 0 Å². The Bertz CT molecular complexity index is 394. The molecule has 0 aromatic heterocycles. The minimum atomic E-state index is 0.459. The lowest BCUT2D eigenvalue weighted by Crippen LogP contribution is -2.22. The summed E-state index contributed by atoms with van der Waals surface area (Å²) in [4.78, 5) is 0. The molecule has 108 valence electrons. The summed E-state index contributed by atoms with van der Waals surface area (Å²) in [5, 5.41) is 3.43. The highest BCUT2D eigenvalue weighted by Gasteiger charge is 2.09. The van der Waals surface area contributed by atoms with Crippen LogP contribution in [-0.2, 0) is 11.3 Å². The smallest absolute Gasteiger partial charge is 0.126 e. The highest BCUT2D eigenvalue weighted by molar-refractivity contribution is 9.10. The van der Waals surface area contributed by atoms with Gasteiger partial charge in [0.2, 0.25) is 0 Å². The highest BCUT2D eigenvalue weighted by Crippen LogP contribution is 2.28. The molecule has 0 unspecified atom stereocenters. The van der Waals surface area contributed by atoms with E-state index in [0.717, 1.165) is 35.4 Å². The lowest BCUT2D eigenvalue weighted by molar-refractivity contribution is 0.171. The van der Waals surface area contributed by atoms with Gasteiger partial charge in [-0.3, -0.25) is 0 Å². The molecule has 0 radical (unpaired) electrons. The molecule has 19 heavy (non-hydrogen) atoms. The van der Waals surface area contributed by atoms with Crippen molar-refractivity contribution >= 4 is 15.9 Å². The van der Waals surface area contributed by atoms with Gasteiger partial charge in [0.05, 0.1) is 6.61 Å². The van der Waals surface area contributed by atoms with E-state index in [9.17, 15) is 0 Å². The van der Waals surface area contributed by atoms with Gasteiger partial charge in [0, 0.05) is 42.8 Å². The second kappa shape index (κ2) is 8.56. The van der Waals surface area contributed by atoms with Crippen molar-refractivity contribution in [1.82, 2.24) is 5.32 Å². The van der Waals surface area contributed by atoms with Crippen LogP contribution < -0.4 is 10.1 Å². The molecule has 0 saturated heterocycles. The predicted molar refractivity (Wildman–Crippen MR) is 82.8 cm³/mol. The van der Waals surface area contributed by atoms with Crippen molar-refractivity contribution in [3.05, 3.63) is 27.7 Å². The molecule has 1 rings (SSSR count). The molecule has 0 spiro atoms. The standard InChI is InChI=1S/C15H24BrNO2/c1-11(2)17-10-13-9-14(16)8-12(3)15(13)19-7-5-6-18-4/h8-9,11,17H,5-7,10H2,1-4H3. The Labute approximate surface area is 124 Å². The first-order chi connectivity index (χ1) is 9.04. The Morgan fingerprint density at radius 2 is 2.00 bits per heavy atom. The second-order valence-corrected chi connectivity index (χ2v) is 5.86. The quantitative estimate of drug-likeness (QED) is 0.738. The summed E-state index contributed by atoms with van der Waals surface area (Å²) in [5.74, 6) is 0.993. The fourth-order valence-corrected chi connectivity index (χ4v) is 2.45. The molecule has 0 aliphatic rings. The van der Waals surface area contributed by atoms with Gasteiger partial charge in [-0.2, -0.15) is 0 Å². The normalized spacial score (nSPS) is 11.1. The number of methoxy groups -OCH3 is 1. The average Bonchev–Trinajstić information content (AvgIpc) is 2.34. The van der Waals surface area contributed by atoms with E-state index >= 15 is 0 Å². The zero-order chi connectivity index (χ0) is 14.3. The van der Waals surface area contributed by atoms with Gasteiger partial charge in [-0.25, -0.2) is 0 Å². The van der Waals surface area contributed by atoms with Gasteiger partial charge < -0.3 is 14.8 Å². The maximum absolute atomic E-state index is 5.92. The maximum Gasteiger partial charge on any atom is 0.126 e. The first-order valence-electron chi connectivity index (χ1n) is 6.68. The van der Waals surface area contributed by atoms with Crippen LogP contribution in [0.2, 0.25) is 0 Å². The Morgan fingerprint density at radius 3 is 2.63 bits per heavy atom. The van der Waals surface area contributed by atoms with Crippen molar-refractivity contribution in [2.75, 3.05) is 20.3 Å². The van der Waals surface area contributed by atoms with Crippen molar-refractivity contribution in [2.24, 2.45) is 0 Å². The van der Waals surface area contributed by atoms with E-state index in [1.54, 1.807) is 7.11 Å². The first-order valence-corrected chi connectivity index (χ1v) is 7.48. The number of rotatable bonds is 8. The van der Waals surface area contributed by atoms with E-state index in [1.165, 1.54) is 5.56 Å². The fourth-order valence-electron chi connectivity index (χ4n) is 1.83. The van der Waals surface area contributed by atoms with Gasteiger partial charge in [-0.05, 0) is 24.6 Å². The molecule has 0 fully saturated rings. The summed E-state index contributed by atoms with van der Waals surface area (Å²) in [6.07, 6.45) is 0.906. The number of halogens is 1. The first kappa shape index (κ1) is 16.5. The summed E-state index contributed by atoms with van der Waals surface area (Å²) < 4.78 is 12.0. The summed E-state index contributed by atoms with van der Waals surface area (Å²) in [6.45, 7) is 8.60. The molecule has 1 aromatic rings. The fraction of sp³-hybridized carbons (Fsp3) is 0.600. The van der Waals surface area contributed by atoms with Crippen molar-refractivity contribution in [3.8, 4) is 5.75 Å². The summed E-state index contributed by atoms with van der Waals surface area (Å²) in [5.41, 5.74) is 2.35. The minimum absolute atomic E-state index is 0.459. The van der Waals surface area contributed by atoms with E-state index in [1.807, 2.05) is 0 Å². The van der Waals surface area contributed by atoms with Crippen molar-refractivity contribution < 1.29 is 9.47 Å². The monoisotopic (exact) mass is 329 g/mol. The lowest BCUT2D eigenvalue weighted by atomic mass is 10.1. The summed E-state index contributed by atoms with van der Waals surface area (Å²) in [6, 6.07) is 4.67. The third-order valence-electron chi connectivity index (χ3n) is 2.76. The molecule has 0 aliphatic heterocycles. The van der Waals surface area contributed by atoms with Crippen LogP contribution in [0.3, 0.4) is 0 Å². The van der Waals surface area contributed by atoms with Gasteiger partial charge in [0.1, 0.15) is 5.75 Å². The van der Waals surface area contributed by atoms with Gasteiger partial charge in [0.15, 0.2) is 0 Å². The van der Waals surface area contributed by atoms with E-state index in [0.29, 0.717) is 12.6 Å². The van der Waals surface area contributed by atoms with Crippen LogP contribution in [0.5, 0.6) is 5.75 Å². The van der Waals surface area contributed by atoms with Gasteiger partial charge in [-0.1, -0.05) is 29.8 Å². The van der Waals surface area contributed by atoms with Crippen LogP contribution >= 0.6 is 15.9 Å². The van der Waals surface area contributed by atoms with Crippen LogP contribution in [0.25, 0.3) is 0 Å². The third kappa shape index (κ3) is 5.93. The molecule has 0 saturated carbocycles. The van der Waals surface area contributed by atoms with E-state index in [4.69, 9.17) is 9.47 Å². The topological polar surface area (TPSA) is 30.5 Å². The molecule has 0 heterocycles. The number of benzene rings is 1. The molecule has 0 atom stereocenters. The Kier molecular flexibility index (Phi) is 7.42. The van der Waals surface area contributed by atoms with Crippen LogP contribution in [-0.4, -0.2) is 26.4 Å². The van der Waals surface area contributed by atoms with Crippen LogP contribution in [0.1, 0.15) is 31.4 Å². The third-order valence-corrected chi connectivity index (χ3v) is 3.21. The predicted octanol–water partition coefficient (Wildman–Crippen LogP) is 3.67. The van der Waals surface area contributed by atoms with E-state index in [-0.39, 0.29) is 0 Å². The molecule has 0 aliphatic carbocycles. The van der Waals surface area contributed by atoms with E-state index in [2.05, 4.69) is 54.2 Å². The zero-order valence-corrected chi connectivity index (χ0v) is 13.8. The van der Waals surface area contributed by atoms with Gasteiger partial charge in [0.25, 0.3) is 0 Å². The Balaban J connectivity index is 2.74. The largest absolute Gasteiger partial charge is 0.493 e. The maximum atomic E-state index is 5.92. The highest BCUT2D eigenvalue weighted by atomic mass is 79.9. The van der Waals surface area contributed by atoms with Crippen LogP contribution in [0.4, 0.5) is 0 Å². The zero-order valence-electron chi connectivity index (χ0n) is 12.3. The van der Waals surface area contributed by atoms with Gasteiger partial charge in [-0.15, -0.1) is 0 Å². The Hall–Kier alpha value is -0.580. The van der Waals surface area contributed by atoms with Crippen LogP contribution in [0.15, 0.2) is 16.6 Å². The molecule has 1 N–H and O–H groups in total. The second-order valence-electron chi connectivity index (χ2n) is 4.94. The summed E-state index contributed by atoms with van der Waals surface area (Å²) in [7, 11) is 1.71. The van der Waals surface area contributed by atoms with Crippen molar-refractivity contribution in [3.63, 3.8) is 0 Å². The molecule has 1 aromatic carbocycles. The van der Waals surface area contributed by atoms with E-state index < -0.39 is 0 Å². The molecule has 3 nitrogen and oxygen atoms in total. The molecule has 0 bridgehead atoms. The minimum Gasteiger partial charge on any atom is -0.493 e. The number of hydrogen-bond donors (Lipinski definition) is 1. The Morgan fingerprint density at radius 1 is 1.26 bits per heavy atom. The molecular formula is C15H24BrNO2. The SMILES string of the molecule is COCCCOc1c(C)cc(Br)cc1CNC(C)C.